The van der Waals surface area contributed by atoms with Crippen LogP contribution in [0.4, 0.5) is 8.78 Å². The smallest absolute Gasteiger partial charge is 0.253 e. The van der Waals surface area contributed by atoms with Crippen LogP contribution in [0, 0.1) is 17.6 Å². The van der Waals surface area contributed by atoms with E-state index in [4.69, 9.17) is 9.47 Å². The van der Waals surface area contributed by atoms with Gasteiger partial charge in [0.25, 0.3) is 11.8 Å². The highest BCUT2D eigenvalue weighted by atomic mass is 19.1. The Morgan fingerprint density at radius 3 is 2.06 bits per heavy atom. The number of carbonyl (C=O) groups excluding carboxylic acids is 3. The molecule has 0 heterocycles. The third-order valence-electron chi connectivity index (χ3n) is 8.83. The van der Waals surface area contributed by atoms with Crippen LogP contribution < -0.4 is 10.6 Å². The Morgan fingerprint density at radius 2 is 1.51 bits per heavy atom. The van der Waals surface area contributed by atoms with Crippen LogP contribution >= 0.6 is 0 Å². The van der Waals surface area contributed by atoms with Crippen molar-refractivity contribution in [3.63, 3.8) is 0 Å². The van der Waals surface area contributed by atoms with Crippen molar-refractivity contribution in [2.45, 2.75) is 103 Å². The number of amides is 3. The molecular weight excluding hydrogens is 608 g/mol. The second-order valence-corrected chi connectivity index (χ2v) is 12.5. The molecule has 3 rings (SSSR count). The van der Waals surface area contributed by atoms with Gasteiger partial charge in [0.1, 0.15) is 11.6 Å². The summed E-state index contributed by atoms with van der Waals surface area (Å²) >= 11 is 0. The molecule has 0 saturated heterocycles. The minimum absolute atomic E-state index is 0.000726. The molecule has 0 radical (unpaired) electrons. The van der Waals surface area contributed by atoms with Crippen LogP contribution in [0.15, 0.2) is 42.5 Å². The Kier molecular flexibility index (Phi) is 15.2. The summed E-state index contributed by atoms with van der Waals surface area (Å²) in [6.07, 6.45) is 2.61. The van der Waals surface area contributed by atoms with Gasteiger partial charge < -0.3 is 30.1 Å². The number of aliphatic hydroxyl groups is 1. The average molecular weight is 660 g/mol. The van der Waals surface area contributed by atoms with Crippen molar-refractivity contribution < 1.29 is 37.7 Å². The van der Waals surface area contributed by atoms with Gasteiger partial charge in [0, 0.05) is 56.5 Å². The van der Waals surface area contributed by atoms with Gasteiger partial charge in [0.15, 0.2) is 0 Å². The van der Waals surface area contributed by atoms with E-state index < -0.39 is 35.6 Å². The molecule has 2 aromatic rings. The van der Waals surface area contributed by atoms with E-state index in [1.807, 2.05) is 20.8 Å². The molecule has 4 unspecified atom stereocenters. The Hall–Kier alpha value is -3.41. The summed E-state index contributed by atoms with van der Waals surface area (Å²) in [5.41, 5.74) is 0.802. The third-order valence-corrected chi connectivity index (χ3v) is 8.83. The number of nitrogens with one attached hydrogen (secondary N) is 2. The van der Waals surface area contributed by atoms with E-state index in [-0.39, 0.29) is 54.0 Å². The Balaban J connectivity index is 1.80. The van der Waals surface area contributed by atoms with E-state index in [9.17, 15) is 28.3 Å². The van der Waals surface area contributed by atoms with E-state index in [2.05, 4.69) is 10.6 Å². The number of ether oxygens (including phenoxy) is 2. The fourth-order valence-corrected chi connectivity index (χ4v) is 6.30. The molecule has 260 valence electrons. The minimum Gasteiger partial charge on any atom is -0.391 e. The molecule has 5 atom stereocenters. The third kappa shape index (κ3) is 11.4. The highest BCUT2D eigenvalue weighted by Crippen LogP contribution is 2.25. The lowest BCUT2D eigenvalue weighted by molar-refractivity contribution is -0.128. The molecule has 2 aromatic carbocycles. The van der Waals surface area contributed by atoms with Crippen molar-refractivity contribution >= 4 is 17.7 Å². The molecular formula is C36H51F2N3O6. The van der Waals surface area contributed by atoms with E-state index >= 15 is 0 Å². The first kappa shape index (κ1) is 38.0. The molecule has 1 saturated carbocycles. The molecule has 9 nitrogen and oxygen atoms in total. The summed E-state index contributed by atoms with van der Waals surface area (Å²) in [6.45, 7) is 7.01. The van der Waals surface area contributed by atoms with E-state index in [0.29, 0.717) is 37.9 Å². The number of hydrogen-bond donors (Lipinski definition) is 3. The Bertz CT molecular complexity index is 1290. The first-order chi connectivity index (χ1) is 22.5. The SMILES string of the molecule is CCCN(CCC)C(=O)c1cccc(C(=O)N[C@@H](Cc2cc(F)cc(F)c2)C(O)CC(CC)C(=O)NC2CC(OC)CC(OC)C2)c1. The molecule has 0 spiro atoms. The van der Waals surface area contributed by atoms with E-state index in [0.717, 1.165) is 37.5 Å². The van der Waals surface area contributed by atoms with Crippen LogP contribution in [0.5, 0.6) is 0 Å². The second-order valence-electron chi connectivity index (χ2n) is 12.5. The number of nitrogens with zero attached hydrogens (tertiary/aromatic N) is 1. The predicted molar refractivity (Wildman–Crippen MR) is 176 cm³/mol. The fraction of sp³-hybridized carbons (Fsp3) is 0.583. The van der Waals surface area contributed by atoms with Crippen LogP contribution in [0.3, 0.4) is 0 Å². The summed E-state index contributed by atoms with van der Waals surface area (Å²) in [4.78, 5) is 41.9. The van der Waals surface area contributed by atoms with Crippen LogP contribution in [0.2, 0.25) is 0 Å². The maximum atomic E-state index is 14.1. The van der Waals surface area contributed by atoms with Crippen molar-refractivity contribution in [2.24, 2.45) is 5.92 Å². The second kappa shape index (κ2) is 18.8. The molecule has 1 fully saturated rings. The lowest BCUT2D eigenvalue weighted by atomic mass is 9.88. The van der Waals surface area contributed by atoms with Crippen LogP contribution in [-0.2, 0) is 20.7 Å². The fourth-order valence-electron chi connectivity index (χ4n) is 6.30. The number of carbonyl (C=O) groups is 3. The summed E-state index contributed by atoms with van der Waals surface area (Å²) < 4.78 is 39.3. The summed E-state index contributed by atoms with van der Waals surface area (Å²) in [7, 11) is 3.26. The zero-order chi connectivity index (χ0) is 34.5. The molecule has 1 aliphatic carbocycles. The largest absolute Gasteiger partial charge is 0.391 e. The molecule has 0 bridgehead atoms. The van der Waals surface area contributed by atoms with Gasteiger partial charge in [0.2, 0.25) is 5.91 Å². The van der Waals surface area contributed by atoms with Gasteiger partial charge in [-0.15, -0.1) is 0 Å². The maximum Gasteiger partial charge on any atom is 0.253 e. The highest BCUT2D eigenvalue weighted by Gasteiger charge is 2.33. The van der Waals surface area contributed by atoms with Gasteiger partial charge in [-0.25, -0.2) is 8.78 Å². The van der Waals surface area contributed by atoms with Crippen LogP contribution in [-0.4, -0.2) is 85.4 Å². The summed E-state index contributed by atoms with van der Waals surface area (Å²) in [5, 5.41) is 17.4. The normalized spacial score (nSPS) is 19.8. The van der Waals surface area contributed by atoms with Gasteiger partial charge in [-0.1, -0.05) is 26.8 Å². The number of halogens is 2. The van der Waals surface area contributed by atoms with Crippen molar-refractivity contribution in [1.29, 1.82) is 0 Å². The lowest BCUT2D eigenvalue weighted by Gasteiger charge is -2.35. The van der Waals surface area contributed by atoms with E-state index in [1.165, 1.54) is 6.07 Å². The van der Waals surface area contributed by atoms with Crippen LogP contribution in [0.25, 0.3) is 0 Å². The zero-order valence-electron chi connectivity index (χ0n) is 28.3. The topological polar surface area (TPSA) is 117 Å². The molecule has 1 aliphatic rings. The monoisotopic (exact) mass is 659 g/mol. The predicted octanol–water partition coefficient (Wildman–Crippen LogP) is 5.04. The molecule has 0 aliphatic heterocycles. The van der Waals surface area contributed by atoms with Gasteiger partial charge >= 0.3 is 0 Å². The molecule has 3 amide bonds. The van der Waals surface area contributed by atoms with Crippen molar-refractivity contribution in [3.8, 4) is 0 Å². The maximum absolute atomic E-state index is 14.1. The molecule has 0 aromatic heterocycles. The Labute approximate surface area is 277 Å². The number of rotatable bonds is 17. The number of benzene rings is 2. The molecule has 3 N–H and O–H groups in total. The lowest BCUT2D eigenvalue weighted by Crippen LogP contribution is -2.49. The van der Waals surface area contributed by atoms with Crippen molar-refractivity contribution in [2.75, 3.05) is 27.3 Å². The minimum atomic E-state index is -1.24. The summed E-state index contributed by atoms with van der Waals surface area (Å²) in [6, 6.07) is 8.24. The van der Waals surface area contributed by atoms with Crippen molar-refractivity contribution in [1.82, 2.24) is 15.5 Å². The van der Waals surface area contributed by atoms with Gasteiger partial charge in [0.05, 0.1) is 24.4 Å². The molecule has 47 heavy (non-hydrogen) atoms. The number of aliphatic hydroxyl groups excluding tert-OH is 1. The average Bonchev–Trinajstić information content (AvgIpc) is 3.05. The van der Waals surface area contributed by atoms with Gasteiger partial charge in [-0.05, 0) is 87.3 Å². The summed E-state index contributed by atoms with van der Waals surface area (Å²) in [5.74, 6) is -3.14. The van der Waals surface area contributed by atoms with Gasteiger partial charge in [-0.3, -0.25) is 14.4 Å². The number of methoxy groups -OCH3 is 2. The van der Waals surface area contributed by atoms with Gasteiger partial charge in [-0.2, -0.15) is 0 Å². The number of hydrogen-bond acceptors (Lipinski definition) is 6. The van der Waals surface area contributed by atoms with E-state index in [1.54, 1.807) is 37.3 Å². The highest BCUT2D eigenvalue weighted by molar-refractivity contribution is 5.99. The standard InChI is InChI=1S/C36H51F2N3O6/c1-6-12-41(13-7-2)36(45)26-11-9-10-25(17-26)35(44)40-32(16-23-14-27(37)19-28(38)15-23)33(42)18-24(8-3)34(43)39-29-20-30(46-4)22-31(21-29)47-5/h9-11,14-15,17,19,24,29-33,42H,6-8,12-13,16,18,20-22H2,1-5H3,(H,39,43)(H,40,44)/t24?,29?,30?,31?,32-,33?/m0/s1. The molecule has 11 heteroatoms. The van der Waals surface area contributed by atoms with Crippen molar-refractivity contribution in [3.05, 3.63) is 70.8 Å². The first-order valence-corrected chi connectivity index (χ1v) is 16.7. The Morgan fingerprint density at radius 1 is 0.915 bits per heavy atom. The zero-order valence-corrected chi connectivity index (χ0v) is 28.3. The first-order valence-electron chi connectivity index (χ1n) is 16.7. The van der Waals surface area contributed by atoms with Crippen LogP contribution in [0.1, 0.15) is 92.0 Å². The quantitative estimate of drug-likeness (QED) is 0.219.